The van der Waals surface area contributed by atoms with E-state index in [-0.39, 0.29) is 24.0 Å². The summed E-state index contributed by atoms with van der Waals surface area (Å²) in [6, 6.07) is 3.78. The van der Waals surface area contributed by atoms with Crippen LogP contribution in [0.3, 0.4) is 0 Å². The minimum absolute atomic E-state index is 0. The number of aliphatic imine (C=N–C) groups is 1. The molecule has 0 radical (unpaired) electrons. The van der Waals surface area contributed by atoms with Gasteiger partial charge >= 0.3 is 0 Å². The van der Waals surface area contributed by atoms with Crippen molar-refractivity contribution >= 4 is 29.9 Å². The van der Waals surface area contributed by atoms with Crippen molar-refractivity contribution in [2.75, 3.05) is 48.0 Å². The molecule has 27 heavy (non-hydrogen) atoms. The molecule has 1 aliphatic rings. The van der Waals surface area contributed by atoms with Crippen LogP contribution < -0.4 is 19.5 Å². The Morgan fingerprint density at radius 3 is 2.07 bits per heavy atom. The van der Waals surface area contributed by atoms with Gasteiger partial charge in [0.2, 0.25) is 0 Å². The number of piperidine rings is 1. The third-order valence-corrected chi connectivity index (χ3v) is 4.86. The molecule has 0 amide bonds. The van der Waals surface area contributed by atoms with E-state index in [1.54, 1.807) is 21.3 Å². The largest absolute Gasteiger partial charge is 0.496 e. The molecule has 1 heterocycles. The second kappa shape index (κ2) is 11.5. The highest BCUT2D eigenvalue weighted by Gasteiger charge is 2.24. The number of likely N-dealkylation sites (tertiary alicyclic amines) is 1. The number of rotatable bonds is 6. The first-order chi connectivity index (χ1) is 12.5. The second-order valence-corrected chi connectivity index (χ2v) is 7.09. The molecule has 2 atom stereocenters. The number of nitrogens with one attached hydrogen (secondary N) is 1. The molecule has 0 bridgehead atoms. The van der Waals surface area contributed by atoms with Gasteiger partial charge in [0.15, 0.2) is 5.96 Å². The van der Waals surface area contributed by atoms with Crippen LogP contribution in [0.4, 0.5) is 0 Å². The smallest absolute Gasteiger partial charge is 0.193 e. The third kappa shape index (κ3) is 6.33. The maximum Gasteiger partial charge on any atom is 0.193 e. The van der Waals surface area contributed by atoms with Crippen LogP contribution in [0.15, 0.2) is 17.1 Å². The van der Waals surface area contributed by atoms with E-state index >= 15 is 0 Å². The number of halogens is 1. The standard InChI is InChI=1S/C20H33N3O3.HI/c1-14-9-15(2)13-23(12-14)20(21-3)22-8-7-17-18(25-5)10-16(24-4)11-19(17)26-6;/h10-11,14-15H,7-9,12-13H2,1-6H3,(H,21,22);1H. The summed E-state index contributed by atoms with van der Waals surface area (Å²) in [5, 5.41) is 3.49. The molecule has 6 nitrogen and oxygen atoms in total. The van der Waals surface area contributed by atoms with Gasteiger partial charge in [0.1, 0.15) is 17.2 Å². The lowest BCUT2D eigenvalue weighted by Gasteiger charge is -2.37. The number of ether oxygens (including phenoxy) is 3. The first-order valence-electron chi connectivity index (χ1n) is 9.26. The summed E-state index contributed by atoms with van der Waals surface area (Å²) in [5.74, 6) is 4.63. The topological polar surface area (TPSA) is 55.3 Å². The Morgan fingerprint density at radius 2 is 1.63 bits per heavy atom. The summed E-state index contributed by atoms with van der Waals surface area (Å²) in [5.41, 5.74) is 1.03. The van der Waals surface area contributed by atoms with E-state index in [0.717, 1.165) is 54.8 Å². The van der Waals surface area contributed by atoms with Crippen molar-refractivity contribution in [1.82, 2.24) is 10.2 Å². The quantitative estimate of drug-likeness (QED) is 0.376. The van der Waals surface area contributed by atoms with E-state index in [1.807, 2.05) is 19.2 Å². The molecular weight excluding hydrogens is 457 g/mol. The zero-order valence-corrected chi connectivity index (χ0v) is 19.7. The predicted octanol–water partition coefficient (Wildman–Crippen LogP) is 3.43. The maximum absolute atomic E-state index is 5.53. The van der Waals surface area contributed by atoms with Gasteiger partial charge in [0.25, 0.3) is 0 Å². The third-order valence-electron chi connectivity index (χ3n) is 4.86. The monoisotopic (exact) mass is 491 g/mol. The fourth-order valence-electron chi connectivity index (χ4n) is 3.79. The molecule has 1 aliphatic heterocycles. The van der Waals surface area contributed by atoms with Gasteiger partial charge in [-0.25, -0.2) is 0 Å². The molecule has 0 aromatic heterocycles. The first kappa shape index (κ1) is 23.7. The Labute approximate surface area is 180 Å². The molecule has 1 N–H and O–H groups in total. The molecule has 1 aromatic carbocycles. The SMILES string of the molecule is CN=C(NCCc1c(OC)cc(OC)cc1OC)N1CC(C)CC(C)C1.I. The molecule has 0 spiro atoms. The van der Waals surface area contributed by atoms with Gasteiger partial charge in [0, 0.05) is 44.4 Å². The van der Waals surface area contributed by atoms with E-state index in [2.05, 4.69) is 29.1 Å². The van der Waals surface area contributed by atoms with Gasteiger partial charge in [-0.3, -0.25) is 4.99 Å². The van der Waals surface area contributed by atoms with Crippen LogP contribution in [0.5, 0.6) is 17.2 Å². The summed E-state index contributed by atoms with van der Waals surface area (Å²) < 4.78 is 16.4. The van der Waals surface area contributed by atoms with Crippen molar-refractivity contribution in [2.45, 2.75) is 26.7 Å². The molecule has 0 aliphatic carbocycles. The Kier molecular flexibility index (Phi) is 10.0. The van der Waals surface area contributed by atoms with Gasteiger partial charge in [-0.1, -0.05) is 13.8 Å². The Morgan fingerprint density at radius 1 is 1.07 bits per heavy atom. The van der Waals surface area contributed by atoms with Crippen molar-refractivity contribution in [2.24, 2.45) is 16.8 Å². The minimum Gasteiger partial charge on any atom is -0.496 e. The Bertz CT molecular complexity index is 589. The van der Waals surface area contributed by atoms with Gasteiger partial charge in [-0.05, 0) is 24.7 Å². The molecular formula is C20H34IN3O3. The molecule has 1 aromatic rings. The van der Waals surface area contributed by atoms with E-state index in [9.17, 15) is 0 Å². The van der Waals surface area contributed by atoms with Crippen molar-refractivity contribution in [3.05, 3.63) is 17.7 Å². The number of methoxy groups -OCH3 is 3. The summed E-state index contributed by atoms with van der Waals surface area (Å²) in [7, 11) is 6.82. The van der Waals surface area contributed by atoms with Gasteiger partial charge < -0.3 is 24.4 Å². The molecule has 1 fully saturated rings. The second-order valence-electron chi connectivity index (χ2n) is 7.09. The fourth-order valence-corrected chi connectivity index (χ4v) is 3.79. The molecule has 2 rings (SSSR count). The van der Waals surface area contributed by atoms with Crippen molar-refractivity contribution < 1.29 is 14.2 Å². The lowest BCUT2D eigenvalue weighted by molar-refractivity contribution is 0.208. The zero-order valence-electron chi connectivity index (χ0n) is 17.4. The van der Waals surface area contributed by atoms with Crippen LogP contribution in [0, 0.1) is 11.8 Å². The van der Waals surface area contributed by atoms with Crippen LogP contribution in [-0.2, 0) is 6.42 Å². The number of benzene rings is 1. The lowest BCUT2D eigenvalue weighted by Crippen LogP contribution is -2.48. The molecule has 7 heteroatoms. The highest BCUT2D eigenvalue weighted by atomic mass is 127. The predicted molar refractivity (Wildman–Crippen MR) is 121 cm³/mol. The Balaban J connectivity index is 0.00000364. The van der Waals surface area contributed by atoms with Crippen LogP contribution in [0.25, 0.3) is 0 Å². The van der Waals surface area contributed by atoms with Gasteiger partial charge in [-0.15, -0.1) is 24.0 Å². The molecule has 0 saturated carbocycles. The highest BCUT2D eigenvalue weighted by Crippen LogP contribution is 2.34. The summed E-state index contributed by atoms with van der Waals surface area (Å²) in [6.45, 7) is 7.48. The number of hydrogen-bond donors (Lipinski definition) is 1. The molecule has 1 saturated heterocycles. The summed E-state index contributed by atoms with van der Waals surface area (Å²) >= 11 is 0. The van der Waals surface area contributed by atoms with Crippen LogP contribution in [0.1, 0.15) is 25.8 Å². The lowest BCUT2D eigenvalue weighted by atomic mass is 9.92. The van der Waals surface area contributed by atoms with Crippen LogP contribution >= 0.6 is 24.0 Å². The zero-order chi connectivity index (χ0) is 19.1. The normalized spacial score (nSPS) is 19.9. The van der Waals surface area contributed by atoms with Crippen LogP contribution in [0.2, 0.25) is 0 Å². The van der Waals surface area contributed by atoms with E-state index in [4.69, 9.17) is 14.2 Å². The van der Waals surface area contributed by atoms with Crippen molar-refractivity contribution in [3.63, 3.8) is 0 Å². The average Bonchev–Trinajstić information content (AvgIpc) is 2.63. The molecule has 2 unspecified atom stereocenters. The first-order valence-corrected chi connectivity index (χ1v) is 9.26. The van der Waals surface area contributed by atoms with E-state index in [0.29, 0.717) is 11.8 Å². The fraction of sp³-hybridized carbons (Fsp3) is 0.650. The summed E-state index contributed by atoms with van der Waals surface area (Å²) in [6.07, 6.45) is 2.06. The van der Waals surface area contributed by atoms with Crippen LogP contribution in [-0.4, -0.2) is 58.9 Å². The number of nitrogens with zero attached hydrogens (tertiary/aromatic N) is 2. The van der Waals surface area contributed by atoms with Crippen molar-refractivity contribution in [3.8, 4) is 17.2 Å². The summed E-state index contributed by atoms with van der Waals surface area (Å²) in [4.78, 5) is 6.84. The van der Waals surface area contributed by atoms with Gasteiger partial charge in [0.05, 0.1) is 21.3 Å². The highest BCUT2D eigenvalue weighted by molar-refractivity contribution is 14.0. The van der Waals surface area contributed by atoms with Gasteiger partial charge in [-0.2, -0.15) is 0 Å². The number of guanidine groups is 1. The maximum atomic E-state index is 5.53. The average molecular weight is 491 g/mol. The number of hydrogen-bond acceptors (Lipinski definition) is 4. The van der Waals surface area contributed by atoms with E-state index in [1.165, 1.54) is 6.42 Å². The van der Waals surface area contributed by atoms with E-state index < -0.39 is 0 Å². The minimum atomic E-state index is 0. The molecule has 154 valence electrons. The van der Waals surface area contributed by atoms with Crippen molar-refractivity contribution in [1.29, 1.82) is 0 Å². The Hall–Kier alpha value is -1.38.